The maximum Gasteiger partial charge on any atom is 0.309 e. The summed E-state index contributed by atoms with van der Waals surface area (Å²) in [5, 5.41) is 12.2. The number of hydrogen-bond acceptors (Lipinski definition) is 3. The van der Waals surface area contributed by atoms with Crippen LogP contribution in [0.5, 0.6) is 0 Å². The third-order valence-corrected chi connectivity index (χ3v) is 1.11. The standard InChI is InChI=1S/C7H8N2O2/c10-7(11)5-6-3-1-2-4-8-9-6/h1-4,8H,5H2,(H,10,11). The molecule has 0 spiro atoms. The second-order valence-electron chi connectivity index (χ2n) is 2.02. The maximum absolute atomic E-state index is 10.2. The van der Waals surface area contributed by atoms with Crippen molar-refractivity contribution in [2.75, 3.05) is 0 Å². The summed E-state index contributed by atoms with van der Waals surface area (Å²) in [6.07, 6.45) is 6.72. The van der Waals surface area contributed by atoms with E-state index < -0.39 is 5.97 Å². The summed E-state index contributed by atoms with van der Waals surface area (Å²) in [6, 6.07) is 0. The van der Waals surface area contributed by atoms with Gasteiger partial charge in [0.1, 0.15) is 0 Å². The highest BCUT2D eigenvalue weighted by atomic mass is 16.4. The summed E-state index contributed by atoms with van der Waals surface area (Å²) in [5.41, 5.74) is 3.10. The van der Waals surface area contributed by atoms with Crippen molar-refractivity contribution >= 4 is 11.7 Å². The van der Waals surface area contributed by atoms with Crippen LogP contribution in [0.4, 0.5) is 0 Å². The van der Waals surface area contributed by atoms with Gasteiger partial charge in [-0.2, -0.15) is 5.10 Å². The minimum atomic E-state index is -0.878. The van der Waals surface area contributed by atoms with Gasteiger partial charge < -0.3 is 5.11 Å². The van der Waals surface area contributed by atoms with E-state index in [1.54, 1.807) is 24.4 Å². The largest absolute Gasteiger partial charge is 0.481 e. The summed E-state index contributed by atoms with van der Waals surface area (Å²) >= 11 is 0. The third kappa shape index (κ3) is 2.66. The van der Waals surface area contributed by atoms with E-state index in [-0.39, 0.29) is 6.42 Å². The van der Waals surface area contributed by atoms with E-state index in [2.05, 4.69) is 10.5 Å². The zero-order valence-corrected chi connectivity index (χ0v) is 5.82. The molecule has 58 valence electrons. The molecule has 11 heavy (non-hydrogen) atoms. The third-order valence-electron chi connectivity index (χ3n) is 1.11. The van der Waals surface area contributed by atoms with Crippen LogP contribution in [0.15, 0.2) is 29.5 Å². The molecule has 0 saturated carbocycles. The fourth-order valence-electron chi connectivity index (χ4n) is 0.676. The first-order chi connectivity index (χ1) is 5.29. The number of nitrogens with zero attached hydrogens (tertiary/aromatic N) is 1. The van der Waals surface area contributed by atoms with Gasteiger partial charge in [0, 0.05) is 6.20 Å². The molecule has 4 nitrogen and oxygen atoms in total. The molecule has 0 aliphatic carbocycles. The molecule has 0 aromatic heterocycles. The highest BCUT2D eigenvalue weighted by Crippen LogP contribution is 1.92. The quantitative estimate of drug-likeness (QED) is 0.605. The van der Waals surface area contributed by atoms with Gasteiger partial charge in [-0.15, -0.1) is 0 Å². The lowest BCUT2D eigenvalue weighted by Crippen LogP contribution is -2.07. The molecule has 0 aromatic rings. The van der Waals surface area contributed by atoms with E-state index in [0.29, 0.717) is 5.71 Å². The van der Waals surface area contributed by atoms with Crippen LogP contribution in [0.2, 0.25) is 0 Å². The molecule has 0 bridgehead atoms. The Kier molecular flexibility index (Phi) is 2.43. The molecule has 1 rings (SSSR count). The van der Waals surface area contributed by atoms with E-state index in [4.69, 9.17) is 5.11 Å². The molecular formula is C7H8N2O2. The van der Waals surface area contributed by atoms with Gasteiger partial charge in [0.2, 0.25) is 0 Å². The summed E-state index contributed by atoms with van der Waals surface area (Å²) in [4.78, 5) is 10.2. The normalized spacial score (nSPS) is 15.1. The number of aliphatic carboxylic acids is 1. The van der Waals surface area contributed by atoms with Crippen LogP contribution < -0.4 is 5.43 Å². The Hall–Kier alpha value is -1.58. The minimum absolute atomic E-state index is 0.0504. The Morgan fingerprint density at radius 3 is 3.18 bits per heavy atom. The van der Waals surface area contributed by atoms with Gasteiger partial charge in [-0.05, 0) is 12.2 Å². The average Bonchev–Trinajstić information content (AvgIpc) is 2.14. The molecular weight excluding hydrogens is 144 g/mol. The van der Waals surface area contributed by atoms with E-state index in [9.17, 15) is 4.79 Å². The van der Waals surface area contributed by atoms with E-state index >= 15 is 0 Å². The molecule has 0 amide bonds. The van der Waals surface area contributed by atoms with Crippen LogP contribution in [-0.2, 0) is 4.79 Å². The highest BCUT2D eigenvalue weighted by Gasteiger charge is 2.01. The highest BCUT2D eigenvalue weighted by molar-refractivity contribution is 6.05. The number of carboxylic acids is 1. The fraction of sp³-hybridized carbons (Fsp3) is 0.143. The summed E-state index contributed by atoms with van der Waals surface area (Å²) in [5.74, 6) is -0.878. The molecule has 0 aromatic carbocycles. The van der Waals surface area contributed by atoms with Crippen LogP contribution in [-0.4, -0.2) is 16.8 Å². The zero-order valence-electron chi connectivity index (χ0n) is 5.82. The maximum atomic E-state index is 10.2. The van der Waals surface area contributed by atoms with Crippen molar-refractivity contribution in [1.82, 2.24) is 5.43 Å². The Balaban J connectivity index is 2.58. The second-order valence-corrected chi connectivity index (χ2v) is 2.02. The summed E-state index contributed by atoms with van der Waals surface area (Å²) in [6.45, 7) is 0. The number of allylic oxidation sites excluding steroid dienone is 3. The lowest BCUT2D eigenvalue weighted by Gasteiger charge is -1.93. The number of nitrogens with one attached hydrogen (secondary N) is 1. The van der Waals surface area contributed by atoms with E-state index in [0.717, 1.165) is 0 Å². The molecule has 0 fully saturated rings. The van der Waals surface area contributed by atoms with Crippen molar-refractivity contribution in [3.63, 3.8) is 0 Å². The van der Waals surface area contributed by atoms with Crippen molar-refractivity contribution in [2.45, 2.75) is 6.42 Å². The van der Waals surface area contributed by atoms with E-state index in [1.165, 1.54) is 0 Å². The van der Waals surface area contributed by atoms with Gasteiger partial charge in [0.25, 0.3) is 0 Å². The minimum Gasteiger partial charge on any atom is -0.481 e. The van der Waals surface area contributed by atoms with Crippen LogP contribution in [0.25, 0.3) is 0 Å². The Morgan fingerprint density at radius 2 is 2.45 bits per heavy atom. The van der Waals surface area contributed by atoms with Gasteiger partial charge in [-0.3, -0.25) is 10.2 Å². The lowest BCUT2D eigenvalue weighted by atomic mass is 10.2. The van der Waals surface area contributed by atoms with Gasteiger partial charge in [0.05, 0.1) is 12.1 Å². The van der Waals surface area contributed by atoms with Gasteiger partial charge in [-0.25, -0.2) is 0 Å². The monoisotopic (exact) mass is 152 g/mol. The number of hydrazone groups is 1. The van der Waals surface area contributed by atoms with Crippen molar-refractivity contribution in [1.29, 1.82) is 0 Å². The van der Waals surface area contributed by atoms with Crippen LogP contribution in [0.3, 0.4) is 0 Å². The predicted molar refractivity (Wildman–Crippen MR) is 41.1 cm³/mol. The SMILES string of the molecule is O=C(O)CC1=NNC=CC=C1. The van der Waals surface area contributed by atoms with Crippen molar-refractivity contribution < 1.29 is 9.90 Å². The molecule has 0 unspecified atom stereocenters. The predicted octanol–water partition coefficient (Wildman–Crippen LogP) is 0.490. The second kappa shape index (κ2) is 3.55. The smallest absolute Gasteiger partial charge is 0.309 e. The van der Waals surface area contributed by atoms with Crippen LogP contribution in [0, 0.1) is 0 Å². The van der Waals surface area contributed by atoms with Crippen molar-refractivity contribution in [2.24, 2.45) is 5.10 Å². The first-order valence-electron chi connectivity index (χ1n) is 3.16. The first kappa shape index (κ1) is 7.53. The molecule has 4 heteroatoms. The van der Waals surface area contributed by atoms with Crippen LogP contribution >= 0.6 is 0 Å². The fourth-order valence-corrected chi connectivity index (χ4v) is 0.676. The molecule has 0 radical (unpaired) electrons. The number of rotatable bonds is 2. The van der Waals surface area contributed by atoms with Gasteiger partial charge in [-0.1, -0.05) is 6.08 Å². The topological polar surface area (TPSA) is 61.7 Å². The lowest BCUT2D eigenvalue weighted by molar-refractivity contribution is -0.135. The Labute approximate surface area is 63.9 Å². The Bertz CT molecular complexity index is 241. The first-order valence-corrected chi connectivity index (χ1v) is 3.16. The summed E-state index contributed by atoms with van der Waals surface area (Å²) < 4.78 is 0. The number of hydrogen-bond donors (Lipinski definition) is 2. The van der Waals surface area contributed by atoms with Crippen LogP contribution in [0.1, 0.15) is 6.42 Å². The van der Waals surface area contributed by atoms with Crippen molar-refractivity contribution in [3.8, 4) is 0 Å². The zero-order chi connectivity index (χ0) is 8.10. The molecule has 0 saturated heterocycles. The van der Waals surface area contributed by atoms with Gasteiger partial charge in [0.15, 0.2) is 0 Å². The molecule has 2 N–H and O–H groups in total. The van der Waals surface area contributed by atoms with Gasteiger partial charge >= 0.3 is 5.97 Å². The molecule has 1 aliphatic rings. The molecule has 1 heterocycles. The van der Waals surface area contributed by atoms with E-state index in [1.807, 2.05) is 0 Å². The molecule has 1 aliphatic heterocycles. The van der Waals surface area contributed by atoms with Crippen molar-refractivity contribution in [3.05, 3.63) is 24.4 Å². The molecule has 0 atom stereocenters. The summed E-state index contributed by atoms with van der Waals surface area (Å²) in [7, 11) is 0. The average molecular weight is 152 g/mol. The number of carboxylic acid groups (broad SMARTS) is 1. The number of carbonyl (C=O) groups is 1. The Morgan fingerprint density at radius 1 is 1.64 bits per heavy atom.